The molecule has 0 bridgehead atoms. The third kappa shape index (κ3) is 33.1. The van der Waals surface area contributed by atoms with Crippen LogP contribution in [0.25, 0.3) is 0 Å². The van der Waals surface area contributed by atoms with Gasteiger partial charge in [-0.05, 0) is 25.2 Å². The van der Waals surface area contributed by atoms with E-state index in [2.05, 4.69) is 26.1 Å². The zero-order chi connectivity index (χ0) is 37.5. The number of allylic oxidation sites excluding steroid dienone is 1. The first-order valence-electron chi connectivity index (χ1n) is 20.5. The van der Waals surface area contributed by atoms with Crippen LogP contribution in [-0.4, -0.2) is 84.6 Å². The van der Waals surface area contributed by atoms with E-state index in [-0.39, 0.29) is 6.61 Å². The Hall–Kier alpha value is -0.800. The molecule has 0 aliphatic heterocycles. The van der Waals surface area contributed by atoms with Crippen molar-refractivity contribution in [3.63, 3.8) is 0 Å². The SMILES string of the molecule is CCCCCCCCCCCCCCCCC(O)C(=O)N[C@@H](COP(=O)(O)OCC[N+](C)(C)C)[C@H](O)/C=C/CCCCCCCCCC(C)C. The van der Waals surface area contributed by atoms with Crippen LogP contribution in [0.5, 0.6) is 0 Å². The van der Waals surface area contributed by atoms with Gasteiger partial charge >= 0.3 is 7.82 Å². The van der Waals surface area contributed by atoms with E-state index in [4.69, 9.17) is 9.05 Å². The number of quaternary nitrogens is 1. The zero-order valence-electron chi connectivity index (χ0n) is 33.4. The lowest BCUT2D eigenvalue weighted by atomic mass is 10.0. The Labute approximate surface area is 308 Å². The van der Waals surface area contributed by atoms with Gasteiger partial charge in [0.25, 0.3) is 0 Å². The Morgan fingerprint density at radius 2 is 1.18 bits per heavy atom. The van der Waals surface area contributed by atoms with Crippen molar-refractivity contribution in [2.24, 2.45) is 5.92 Å². The van der Waals surface area contributed by atoms with Crippen LogP contribution < -0.4 is 5.32 Å². The molecule has 50 heavy (non-hydrogen) atoms. The molecular weight excluding hydrogens is 651 g/mol. The van der Waals surface area contributed by atoms with Crippen molar-refractivity contribution in [1.82, 2.24) is 5.32 Å². The molecule has 0 fully saturated rings. The number of aliphatic hydroxyl groups excluding tert-OH is 2. The minimum atomic E-state index is -4.40. The minimum absolute atomic E-state index is 0.0204. The molecular formula is C40H82N2O7P+. The number of amides is 1. The van der Waals surface area contributed by atoms with Crippen molar-refractivity contribution < 1.29 is 38.0 Å². The van der Waals surface area contributed by atoms with E-state index < -0.39 is 38.6 Å². The molecule has 4 atom stereocenters. The van der Waals surface area contributed by atoms with Crippen LogP contribution in [0.3, 0.4) is 0 Å². The van der Waals surface area contributed by atoms with Crippen LogP contribution in [0.1, 0.15) is 175 Å². The largest absolute Gasteiger partial charge is 0.472 e. The number of rotatable bonds is 36. The van der Waals surface area contributed by atoms with Gasteiger partial charge in [0.15, 0.2) is 0 Å². The van der Waals surface area contributed by atoms with Crippen LogP contribution in [0.4, 0.5) is 0 Å². The van der Waals surface area contributed by atoms with Gasteiger partial charge in [0, 0.05) is 0 Å². The molecule has 0 saturated heterocycles. The number of aliphatic hydroxyl groups is 2. The van der Waals surface area contributed by atoms with Crippen molar-refractivity contribution in [3.8, 4) is 0 Å². The fourth-order valence-electron chi connectivity index (χ4n) is 5.88. The summed E-state index contributed by atoms with van der Waals surface area (Å²) >= 11 is 0. The first-order chi connectivity index (χ1) is 23.8. The van der Waals surface area contributed by atoms with Gasteiger partial charge in [-0.2, -0.15) is 0 Å². The first kappa shape index (κ1) is 49.2. The monoisotopic (exact) mass is 734 g/mol. The Bertz CT molecular complexity index is 865. The van der Waals surface area contributed by atoms with Gasteiger partial charge in [-0.3, -0.25) is 13.8 Å². The van der Waals surface area contributed by atoms with E-state index in [0.29, 0.717) is 17.4 Å². The van der Waals surface area contributed by atoms with Crippen LogP contribution in [-0.2, 0) is 18.4 Å². The van der Waals surface area contributed by atoms with Gasteiger partial charge in [-0.1, -0.05) is 168 Å². The summed E-state index contributed by atoms with van der Waals surface area (Å²) in [4.78, 5) is 23.1. The standard InChI is InChI=1S/C40H81N2O7P/c1-7-8-9-10-11-12-13-14-15-16-19-23-26-29-32-39(44)40(45)41-37(35-49-50(46,47)48-34-33-42(4,5)6)38(43)31-28-25-22-20-17-18-21-24-27-30-36(2)3/h28,31,36-39,43-44H,7-27,29-30,32-35H2,1-6H3,(H-,41,45,46,47)/p+1/b31-28+/t37-,38+,39?/m0/s1. The average Bonchev–Trinajstić information content (AvgIpc) is 3.04. The van der Waals surface area contributed by atoms with Gasteiger partial charge in [0.1, 0.15) is 19.3 Å². The van der Waals surface area contributed by atoms with E-state index in [1.54, 1.807) is 6.08 Å². The minimum Gasteiger partial charge on any atom is -0.387 e. The third-order valence-electron chi connectivity index (χ3n) is 9.29. The van der Waals surface area contributed by atoms with Crippen molar-refractivity contribution in [2.45, 2.75) is 193 Å². The second kappa shape index (κ2) is 31.7. The molecule has 9 nitrogen and oxygen atoms in total. The molecule has 0 aliphatic rings. The van der Waals surface area contributed by atoms with E-state index in [9.17, 15) is 24.5 Å². The quantitative estimate of drug-likeness (QED) is 0.0219. The van der Waals surface area contributed by atoms with Crippen molar-refractivity contribution in [1.29, 1.82) is 0 Å². The van der Waals surface area contributed by atoms with E-state index in [1.807, 2.05) is 27.2 Å². The Morgan fingerprint density at radius 3 is 1.66 bits per heavy atom. The lowest BCUT2D eigenvalue weighted by Gasteiger charge is -2.26. The summed E-state index contributed by atoms with van der Waals surface area (Å²) in [6, 6.07) is -1.02. The Morgan fingerprint density at radius 1 is 0.720 bits per heavy atom. The van der Waals surface area contributed by atoms with Crippen LogP contribution in [0, 0.1) is 5.92 Å². The topological polar surface area (TPSA) is 125 Å². The summed E-state index contributed by atoms with van der Waals surface area (Å²) in [6.07, 6.45) is 29.2. The predicted octanol–water partition coefficient (Wildman–Crippen LogP) is 9.63. The number of hydrogen-bond donors (Lipinski definition) is 4. The Balaban J connectivity index is 4.61. The first-order valence-corrected chi connectivity index (χ1v) is 22.0. The van der Waals surface area contributed by atoms with E-state index >= 15 is 0 Å². The maximum absolute atomic E-state index is 12.9. The second-order valence-electron chi connectivity index (χ2n) is 16.0. The summed E-state index contributed by atoms with van der Waals surface area (Å²) in [7, 11) is 1.43. The summed E-state index contributed by atoms with van der Waals surface area (Å²) in [5, 5.41) is 24.1. The van der Waals surface area contributed by atoms with Crippen LogP contribution >= 0.6 is 7.82 Å². The highest BCUT2D eigenvalue weighted by Crippen LogP contribution is 2.43. The highest BCUT2D eigenvalue weighted by atomic mass is 31.2. The molecule has 0 aromatic carbocycles. The number of phosphoric ester groups is 1. The summed E-state index contributed by atoms with van der Waals surface area (Å²) < 4.78 is 23.4. The second-order valence-corrected chi connectivity index (χ2v) is 17.4. The molecule has 298 valence electrons. The smallest absolute Gasteiger partial charge is 0.387 e. The van der Waals surface area contributed by atoms with Gasteiger partial charge in [-0.25, -0.2) is 4.57 Å². The summed E-state index contributed by atoms with van der Waals surface area (Å²) in [6.45, 7) is 6.89. The molecule has 1 amide bonds. The number of carbonyl (C=O) groups is 1. The fraction of sp³-hybridized carbons (Fsp3) is 0.925. The predicted molar refractivity (Wildman–Crippen MR) is 209 cm³/mol. The normalized spacial score (nSPS) is 15.4. The van der Waals surface area contributed by atoms with Crippen LogP contribution in [0.15, 0.2) is 12.2 Å². The van der Waals surface area contributed by atoms with Gasteiger partial charge in [0.2, 0.25) is 5.91 Å². The number of phosphoric acid groups is 1. The summed E-state index contributed by atoms with van der Waals surface area (Å²) in [5.74, 6) is 0.160. The number of hydrogen-bond acceptors (Lipinski definition) is 6. The van der Waals surface area contributed by atoms with Gasteiger partial charge < -0.3 is 24.9 Å². The summed E-state index contributed by atoms with van der Waals surface area (Å²) in [5.41, 5.74) is 0. The molecule has 0 rings (SSSR count). The van der Waals surface area contributed by atoms with Gasteiger partial charge in [0.05, 0.1) is 39.9 Å². The van der Waals surface area contributed by atoms with Crippen molar-refractivity contribution in [3.05, 3.63) is 12.2 Å². The molecule has 0 aliphatic carbocycles. The molecule has 0 heterocycles. The van der Waals surface area contributed by atoms with E-state index in [1.165, 1.54) is 109 Å². The molecule has 10 heteroatoms. The number of unbranched alkanes of at least 4 members (excludes halogenated alkanes) is 20. The maximum Gasteiger partial charge on any atom is 0.472 e. The lowest BCUT2D eigenvalue weighted by molar-refractivity contribution is -0.870. The maximum atomic E-state index is 12.9. The number of nitrogens with zero attached hydrogens (tertiary/aromatic N) is 1. The number of carbonyl (C=O) groups excluding carboxylic acids is 1. The highest BCUT2D eigenvalue weighted by molar-refractivity contribution is 7.47. The molecule has 0 radical (unpaired) electrons. The molecule has 0 aromatic heterocycles. The Kier molecular flexibility index (Phi) is 31.2. The molecule has 0 spiro atoms. The fourth-order valence-corrected chi connectivity index (χ4v) is 6.61. The third-order valence-corrected chi connectivity index (χ3v) is 10.3. The lowest BCUT2D eigenvalue weighted by Crippen LogP contribution is -2.49. The average molecular weight is 734 g/mol. The van der Waals surface area contributed by atoms with Crippen molar-refractivity contribution >= 4 is 13.7 Å². The molecule has 4 N–H and O–H groups in total. The molecule has 0 saturated carbocycles. The van der Waals surface area contributed by atoms with Crippen molar-refractivity contribution in [2.75, 3.05) is 40.9 Å². The molecule has 0 aromatic rings. The van der Waals surface area contributed by atoms with Gasteiger partial charge in [-0.15, -0.1) is 0 Å². The highest BCUT2D eigenvalue weighted by Gasteiger charge is 2.29. The number of likely N-dealkylation sites (N-methyl/N-ethyl adjacent to an activating group) is 1. The van der Waals surface area contributed by atoms with E-state index in [0.717, 1.165) is 44.4 Å². The van der Waals surface area contributed by atoms with Crippen LogP contribution in [0.2, 0.25) is 0 Å². The molecule has 2 unspecified atom stereocenters. The zero-order valence-corrected chi connectivity index (χ0v) is 34.3. The number of nitrogens with one attached hydrogen (secondary N) is 1.